The van der Waals surface area contributed by atoms with Crippen molar-refractivity contribution in [2.24, 2.45) is 0 Å². The van der Waals surface area contributed by atoms with Crippen molar-refractivity contribution in [2.45, 2.75) is 26.9 Å². The second-order valence-electron chi connectivity index (χ2n) is 4.17. The van der Waals surface area contributed by atoms with Gasteiger partial charge in [0.2, 0.25) is 0 Å². The van der Waals surface area contributed by atoms with Gasteiger partial charge in [-0.2, -0.15) is 0 Å². The summed E-state index contributed by atoms with van der Waals surface area (Å²) in [5, 5.41) is 13.8. The van der Waals surface area contributed by atoms with Crippen LogP contribution in [-0.4, -0.2) is 32.2 Å². The Labute approximate surface area is 117 Å². The normalized spacial score (nSPS) is 10.3. The van der Waals surface area contributed by atoms with Gasteiger partial charge in [-0.3, -0.25) is 9.78 Å². The van der Waals surface area contributed by atoms with E-state index in [1.807, 2.05) is 18.4 Å². The minimum Gasteiger partial charge on any atom is -0.385 e. The molecule has 2 N–H and O–H groups in total. The molecule has 2 aromatic heterocycles. The minimum atomic E-state index is -0.181. The van der Waals surface area contributed by atoms with E-state index in [1.165, 1.54) is 0 Å². The Morgan fingerprint density at radius 3 is 3.00 bits per heavy atom. The van der Waals surface area contributed by atoms with Crippen LogP contribution in [-0.2, 0) is 13.1 Å². The zero-order chi connectivity index (χ0) is 14.4. The van der Waals surface area contributed by atoms with E-state index in [1.54, 1.807) is 24.8 Å². The fraction of sp³-hybridized carbons (Fsp3) is 0.385. The number of nitrogens with zero attached hydrogens (tertiary/aromatic N) is 4. The number of aromatic nitrogens is 4. The van der Waals surface area contributed by atoms with E-state index >= 15 is 0 Å². The maximum absolute atomic E-state index is 12.2. The highest BCUT2D eigenvalue weighted by Crippen LogP contribution is 2.13. The molecule has 0 aromatic carbocycles. The predicted octanol–water partition coefficient (Wildman–Crippen LogP) is 1.05. The fourth-order valence-corrected chi connectivity index (χ4v) is 1.85. The Morgan fingerprint density at radius 1 is 1.40 bits per heavy atom. The van der Waals surface area contributed by atoms with Gasteiger partial charge in [0.25, 0.3) is 5.91 Å². The molecule has 0 bridgehead atoms. The first kappa shape index (κ1) is 14.0. The molecule has 1 amide bonds. The molecule has 0 atom stereocenters. The summed E-state index contributed by atoms with van der Waals surface area (Å²) in [6.45, 7) is 5.83. The minimum absolute atomic E-state index is 0.181. The van der Waals surface area contributed by atoms with Crippen LogP contribution in [0.1, 0.15) is 30.0 Å². The third-order valence-electron chi connectivity index (χ3n) is 2.88. The number of pyridine rings is 1. The Balaban J connectivity index is 2.05. The number of amides is 1. The molecule has 2 heterocycles. The zero-order valence-corrected chi connectivity index (χ0v) is 11.6. The van der Waals surface area contributed by atoms with E-state index in [4.69, 9.17) is 0 Å². The van der Waals surface area contributed by atoms with Crippen molar-refractivity contribution in [3.63, 3.8) is 0 Å². The van der Waals surface area contributed by atoms with Crippen LogP contribution in [0.2, 0.25) is 0 Å². The van der Waals surface area contributed by atoms with Crippen LogP contribution in [0, 0.1) is 0 Å². The van der Waals surface area contributed by atoms with Gasteiger partial charge in [-0.25, -0.2) is 0 Å². The lowest BCUT2D eigenvalue weighted by molar-refractivity contribution is 0.0950. The summed E-state index contributed by atoms with van der Waals surface area (Å²) >= 11 is 0. The first-order chi connectivity index (χ1) is 9.76. The van der Waals surface area contributed by atoms with Crippen molar-refractivity contribution in [1.82, 2.24) is 25.1 Å². The third kappa shape index (κ3) is 3.11. The molecule has 7 heteroatoms. The lowest BCUT2D eigenvalue weighted by atomic mass is 10.2. The smallest absolute Gasteiger partial charge is 0.255 e. The molecule has 106 valence electrons. The van der Waals surface area contributed by atoms with Crippen LogP contribution in [0.4, 0.5) is 5.69 Å². The molecular weight excluding hydrogens is 256 g/mol. The number of carbonyl (C=O) groups is 1. The van der Waals surface area contributed by atoms with Crippen LogP contribution < -0.4 is 10.6 Å². The zero-order valence-electron chi connectivity index (χ0n) is 11.6. The molecule has 0 saturated heterocycles. The summed E-state index contributed by atoms with van der Waals surface area (Å²) in [5.74, 6) is 0.550. The Hall–Kier alpha value is -2.44. The molecule has 0 aliphatic rings. The molecule has 0 unspecified atom stereocenters. The molecule has 0 spiro atoms. The molecule has 2 aromatic rings. The molecule has 0 radical (unpaired) electrons. The van der Waals surface area contributed by atoms with Crippen molar-refractivity contribution >= 4 is 11.6 Å². The highest BCUT2D eigenvalue weighted by molar-refractivity contribution is 5.99. The second kappa shape index (κ2) is 6.65. The molecule has 20 heavy (non-hydrogen) atoms. The second-order valence-corrected chi connectivity index (χ2v) is 4.17. The summed E-state index contributed by atoms with van der Waals surface area (Å²) in [5.41, 5.74) is 1.30. The average Bonchev–Trinajstić information content (AvgIpc) is 2.93. The van der Waals surface area contributed by atoms with E-state index in [-0.39, 0.29) is 5.91 Å². The van der Waals surface area contributed by atoms with Crippen LogP contribution in [0.5, 0.6) is 0 Å². The SMILES string of the molecule is CCNc1ccncc1C(=O)NCc1nncn1CC. The van der Waals surface area contributed by atoms with Crippen LogP contribution in [0.25, 0.3) is 0 Å². The molecule has 0 aliphatic heterocycles. The van der Waals surface area contributed by atoms with Crippen molar-refractivity contribution in [3.05, 3.63) is 36.2 Å². The number of aryl methyl sites for hydroxylation is 1. The summed E-state index contributed by atoms with van der Waals surface area (Å²) in [7, 11) is 0. The number of carbonyl (C=O) groups excluding carboxylic acids is 1. The molecule has 0 fully saturated rings. The molecule has 0 saturated carbocycles. The standard InChI is InChI=1S/C13H18N6O/c1-3-15-11-5-6-14-7-10(11)13(20)16-8-12-18-17-9-19(12)4-2/h5-7,9H,3-4,8H2,1-2H3,(H,14,15)(H,16,20). The summed E-state index contributed by atoms with van der Waals surface area (Å²) < 4.78 is 1.88. The number of nitrogens with one attached hydrogen (secondary N) is 2. The fourth-order valence-electron chi connectivity index (χ4n) is 1.85. The molecule has 2 rings (SSSR count). The average molecular weight is 274 g/mol. The highest BCUT2D eigenvalue weighted by Gasteiger charge is 2.12. The number of anilines is 1. The number of hydrogen-bond acceptors (Lipinski definition) is 5. The largest absolute Gasteiger partial charge is 0.385 e. The predicted molar refractivity (Wildman–Crippen MR) is 75.3 cm³/mol. The molecular formula is C13H18N6O. The van der Waals surface area contributed by atoms with Crippen molar-refractivity contribution in [1.29, 1.82) is 0 Å². The van der Waals surface area contributed by atoms with Gasteiger partial charge in [-0.05, 0) is 19.9 Å². The van der Waals surface area contributed by atoms with Crippen molar-refractivity contribution < 1.29 is 4.79 Å². The van der Waals surface area contributed by atoms with Gasteiger partial charge in [0.15, 0.2) is 5.82 Å². The lowest BCUT2D eigenvalue weighted by Crippen LogP contribution is -2.25. The Kier molecular flexibility index (Phi) is 4.65. The lowest BCUT2D eigenvalue weighted by Gasteiger charge is -2.10. The maximum Gasteiger partial charge on any atom is 0.255 e. The van der Waals surface area contributed by atoms with Gasteiger partial charge in [0.05, 0.1) is 17.8 Å². The van der Waals surface area contributed by atoms with E-state index in [2.05, 4.69) is 25.8 Å². The van der Waals surface area contributed by atoms with E-state index in [9.17, 15) is 4.79 Å². The summed E-state index contributed by atoms with van der Waals surface area (Å²) in [6.07, 6.45) is 4.86. The van der Waals surface area contributed by atoms with Gasteiger partial charge in [-0.15, -0.1) is 10.2 Å². The van der Waals surface area contributed by atoms with Crippen molar-refractivity contribution in [3.8, 4) is 0 Å². The quantitative estimate of drug-likeness (QED) is 0.822. The van der Waals surface area contributed by atoms with Gasteiger partial charge >= 0.3 is 0 Å². The summed E-state index contributed by atoms with van der Waals surface area (Å²) in [6, 6.07) is 1.78. The first-order valence-corrected chi connectivity index (χ1v) is 6.59. The summed E-state index contributed by atoms with van der Waals surface area (Å²) in [4.78, 5) is 16.2. The molecule has 0 aliphatic carbocycles. The molecule has 7 nitrogen and oxygen atoms in total. The topological polar surface area (TPSA) is 84.7 Å². The van der Waals surface area contributed by atoms with E-state index < -0.39 is 0 Å². The van der Waals surface area contributed by atoms with Gasteiger partial charge in [0, 0.05) is 25.5 Å². The first-order valence-electron chi connectivity index (χ1n) is 6.59. The highest BCUT2D eigenvalue weighted by atomic mass is 16.1. The maximum atomic E-state index is 12.2. The Bertz CT molecular complexity index is 580. The van der Waals surface area contributed by atoms with Gasteiger partial charge in [-0.1, -0.05) is 0 Å². The van der Waals surface area contributed by atoms with Crippen LogP contribution in [0.3, 0.4) is 0 Å². The van der Waals surface area contributed by atoms with E-state index in [0.717, 1.165) is 24.6 Å². The number of hydrogen-bond donors (Lipinski definition) is 2. The Morgan fingerprint density at radius 2 is 2.25 bits per heavy atom. The van der Waals surface area contributed by atoms with Gasteiger partial charge < -0.3 is 15.2 Å². The van der Waals surface area contributed by atoms with Gasteiger partial charge in [0.1, 0.15) is 6.33 Å². The number of rotatable bonds is 6. The van der Waals surface area contributed by atoms with Crippen molar-refractivity contribution in [2.75, 3.05) is 11.9 Å². The third-order valence-corrected chi connectivity index (χ3v) is 2.88. The van der Waals surface area contributed by atoms with E-state index in [0.29, 0.717) is 12.1 Å². The monoisotopic (exact) mass is 274 g/mol. The van der Waals surface area contributed by atoms with Crippen LogP contribution in [0.15, 0.2) is 24.8 Å². The van der Waals surface area contributed by atoms with Crippen LogP contribution >= 0.6 is 0 Å².